The number of benzene rings is 10. The van der Waals surface area contributed by atoms with Crippen LogP contribution in [0.15, 0.2) is 218 Å². The average Bonchev–Trinajstić information content (AvgIpc) is 3.81. The van der Waals surface area contributed by atoms with Crippen LogP contribution in [0.3, 0.4) is 0 Å². The summed E-state index contributed by atoms with van der Waals surface area (Å²) in [5.41, 5.74) is 18.6. The second-order valence-electron chi connectivity index (χ2n) is 18.4. The summed E-state index contributed by atoms with van der Waals surface area (Å²) in [6, 6.07) is 80.8. The number of anilines is 3. The molecular weight excluding hydrogens is 789 g/mol. The molecule has 0 N–H and O–H groups in total. The molecule has 3 heteroatoms. The Balaban J connectivity index is 1.06. The Hall–Kier alpha value is -8.14. The molecule has 1 spiro atoms. The van der Waals surface area contributed by atoms with Crippen molar-refractivity contribution in [3.8, 4) is 39.4 Å². The van der Waals surface area contributed by atoms with Gasteiger partial charge in [-0.05, 0) is 128 Å². The minimum Gasteiger partial charge on any atom is -0.457 e. The molecule has 1 atom stereocenters. The van der Waals surface area contributed by atoms with E-state index < -0.39 is 5.41 Å². The van der Waals surface area contributed by atoms with Crippen molar-refractivity contribution in [2.24, 2.45) is 0 Å². The van der Waals surface area contributed by atoms with E-state index in [1.54, 1.807) is 0 Å². The molecule has 14 rings (SSSR count). The van der Waals surface area contributed by atoms with E-state index in [4.69, 9.17) is 4.74 Å². The van der Waals surface area contributed by atoms with E-state index in [0.29, 0.717) is 0 Å². The second kappa shape index (κ2) is 13.2. The molecule has 3 aliphatic rings. The van der Waals surface area contributed by atoms with Crippen molar-refractivity contribution in [3.05, 3.63) is 252 Å². The predicted octanol–water partition coefficient (Wildman–Crippen LogP) is 16.2. The molecule has 0 radical (unpaired) electrons. The summed E-state index contributed by atoms with van der Waals surface area (Å²) in [7, 11) is 0. The monoisotopic (exact) mass is 830 g/mol. The molecular formula is C62H42N2O. The summed E-state index contributed by atoms with van der Waals surface area (Å²) in [5, 5.41) is 4.96. The zero-order valence-corrected chi connectivity index (χ0v) is 36.1. The molecule has 10 aromatic carbocycles. The molecule has 0 saturated heterocycles. The van der Waals surface area contributed by atoms with Gasteiger partial charge in [0.15, 0.2) is 0 Å². The van der Waals surface area contributed by atoms with Crippen molar-refractivity contribution in [1.82, 2.24) is 4.57 Å². The number of rotatable bonds is 4. The van der Waals surface area contributed by atoms with E-state index in [9.17, 15) is 0 Å². The number of para-hydroxylation sites is 3. The third kappa shape index (κ3) is 4.85. The summed E-state index contributed by atoms with van der Waals surface area (Å²) in [6.45, 7) is 4.74. The first-order valence-electron chi connectivity index (χ1n) is 22.7. The van der Waals surface area contributed by atoms with Crippen LogP contribution in [0, 0.1) is 0 Å². The zero-order chi connectivity index (χ0) is 43.0. The maximum Gasteiger partial charge on any atom is 0.132 e. The van der Waals surface area contributed by atoms with Crippen LogP contribution in [-0.2, 0) is 10.8 Å². The number of fused-ring (bicyclic) bond motifs is 14. The fraction of sp³-hybridized carbons (Fsp3) is 0.0645. The Kier molecular flexibility index (Phi) is 7.38. The maximum atomic E-state index is 7.00. The number of aromatic nitrogens is 1. The summed E-state index contributed by atoms with van der Waals surface area (Å²) in [5.74, 6) is 1.75. The van der Waals surface area contributed by atoms with Gasteiger partial charge in [-0.3, -0.25) is 0 Å². The normalized spacial score (nSPS) is 15.8. The van der Waals surface area contributed by atoms with Gasteiger partial charge in [0.25, 0.3) is 0 Å². The smallest absolute Gasteiger partial charge is 0.132 e. The SMILES string of the molecule is CC1(C)c2ccccc2-c2ccc(N(c3ccc4c(c3)C3(c5ccccc5O4)c4ccccc4-c4cccc5cccc3c45)c3ccc4c(c3)c3ccccc3n4-c3ccccc3)cc21. The molecule has 2 aliphatic carbocycles. The highest BCUT2D eigenvalue weighted by molar-refractivity contribution is 6.11. The molecule has 1 aromatic heterocycles. The molecule has 1 aliphatic heterocycles. The zero-order valence-electron chi connectivity index (χ0n) is 36.1. The van der Waals surface area contributed by atoms with E-state index in [2.05, 4.69) is 242 Å². The Bertz CT molecular complexity index is 3800. The molecule has 1 unspecified atom stereocenters. The van der Waals surface area contributed by atoms with E-state index in [0.717, 1.165) is 45.4 Å². The molecule has 0 fully saturated rings. The Morgan fingerprint density at radius 2 is 0.954 bits per heavy atom. The van der Waals surface area contributed by atoms with E-state index in [-0.39, 0.29) is 5.41 Å². The Morgan fingerprint density at radius 3 is 1.80 bits per heavy atom. The van der Waals surface area contributed by atoms with Gasteiger partial charge in [0, 0.05) is 50.1 Å². The highest BCUT2D eigenvalue weighted by Crippen LogP contribution is 2.62. The van der Waals surface area contributed by atoms with Crippen molar-refractivity contribution in [1.29, 1.82) is 0 Å². The topological polar surface area (TPSA) is 17.4 Å². The molecule has 2 heterocycles. The first-order chi connectivity index (χ1) is 32.0. The van der Waals surface area contributed by atoms with Gasteiger partial charge < -0.3 is 14.2 Å². The van der Waals surface area contributed by atoms with Crippen molar-refractivity contribution >= 4 is 49.6 Å². The van der Waals surface area contributed by atoms with Crippen LogP contribution in [0.1, 0.15) is 47.2 Å². The molecule has 65 heavy (non-hydrogen) atoms. The minimum absolute atomic E-state index is 0.171. The first-order valence-corrected chi connectivity index (χ1v) is 22.7. The van der Waals surface area contributed by atoms with Gasteiger partial charge in [0.05, 0.1) is 16.4 Å². The lowest BCUT2D eigenvalue weighted by molar-refractivity contribution is 0.435. The van der Waals surface area contributed by atoms with Gasteiger partial charge >= 0.3 is 0 Å². The standard InChI is InChI=1S/C62H42N2O/c1-61(2)50-24-9-6-20-44(50)46-33-30-42(37-54(46)61)63(41-31-34-57-49(36-41)47-22-8-12-28-56(47)64(57)40-18-4-3-5-19-40)43-32-35-59-55(38-43)62(52-26-11-13-29-58(52)65-59)51-25-10-7-21-45(51)48-23-14-16-39-17-15-27-53(62)60(39)48/h3-38H,1-2H3. The lowest BCUT2D eigenvalue weighted by Gasteiger charge is -2.45. The molecule has 11 aromatic rings. The van der Waals surface area contributed by atoms with Gasteiger partial charge in [-0.25, -0.2) is 0 Å². The molecule has 0 saturated carbocycles. The molecule has 306 valence electrons. The first kappa shape index (κ1) is 36.4. The van der Waals surface area contributed by atoms with Gasteiger partial charge in [0.2, 0.25) is 0 Å². The molecule has 0 bridgehead atoms. The maximum absolute atomic E-state index is 7.00. The number of nitrogens with zero attached hydrogens (tertiary/aromatic N) is 2. The Morgan fingerprint density at radius 1 is 0.385 bits per heavy atom. The van der Waals surface area contributed by atoms with E-state index in [1.807, 2.05) is 0 Å². The molecule has 0 amide bonds. The van der Waals surface area contributed by atoms with Gasteiger partial charge in [-0.2, -0.15) is 0 Å². The summed E-state index contributed by atoms with van der Waals surface area (Å²) in [6.07, 6.45) is 0. The summed E-state index contributed by atoms with van der Waals surface area (Å²) in [4.78, 5) is 2.48. The second-order valence-corrected chi connectivity index (χ2v) is 18.4. The Labute approximate surface area is 378 Å². The largest absolute Gasteiger partial charge is 0.457 e. The number of hydrogen-bond donors (Lipinski definition) is 0. The van der Waals surface area contributed by atoms with Gasteiger partial charge in [-0.1, -0.05) is 159 Å². The van der Waals surface area contributed by atoms with Gasteiger partial charge in [-0.15, -0.1) is 0 Å². The van der Waals surface area contributed by atoms with Crippen LogP contribution in [0.4, 0.5) is 17.1 Å². The van der Waals surface area contributed by atoms with Crippen LogP contribution in [-0.4, -0.2) is 4.57 Å². The fourth-order valence-electron chi connectivity index (χ4n) is 12.1. The third-order valence-corrected chi connectivity index (χ3v) is 14.8. The van der Waals surface area contributed by atoms with Crippen molar-refractivity contribution in [2.75, 3.05) is 4.90 Å². The quantitative estimate of drug-likeness (QED) is 0.176. The van der Waals surface area contributed by atoms with Crippen LogP contribution in [0.25, 0.3) is 60.5 Å². The summed E-state index contributed by atoms with van der Waals surface area (Å²) < 4.78 is 9.40. The molecule has 3 nitrogen and oxygen atoms in total. The number of hydrogen-bond acceptors (Lipinski definition) is 2. The van der Waals surface area contributed by atoms with Gasteiger partial charge in [0.1, 0.15) is 11.5 Å². The lowest BCUT2D eigenvalue weighted by Crippen LogP contribution is -2.36. The average molecular weight is 831 g/mol. The number of ether oxygens (including phenoxy) is 1. The summed E-state index contributed by atoms with van der Waals surface area (Å²) >= 11 is 0. The lowest BCUT2D eigenvalue weighted by atomic mass is 9.58. The highest BCUT2D eigenvalue weighted by atomic mass is 16.5. The predicted molar refractivity (Wildman–Crippen MR) is 268 cm³/mol. The van der Waals surface area contributed by atoms with Crippen LogP contribution < -0.4 is 9.64 Å². The van der Waals surface area contributed by atoms with Crippen LogP contribution >= 0.6 is 0 Å². The van der Waals surface area contributed by atoms with Crippen molar-refractivity contribution in [2.45, 2.75) is 24.7 Å². The van der Waals surface area contributed by atoms with Crippen molar-refractivity contribution in [3.63, 3.8) is 0 Å². The highest BCUT2D eigenvalue weighted by Gasteiger charge is 2.50. The fourth-order valence-corrected chi connectivity index (χ4v) is 12.1. The van der Waals surface area contributed by atoms with E-state index >= 15 is 0 Å². The van der Waals surface area contributed by atoms with Crippen LogP contribution in [0.5, 0.6) is 11.5 Å². The van der Waals surface area contributed by atoms with Crippen LogP contribution in [0.2, 0.25) is 0 Å². The van der Waals surface area contributed by atoms with E-state index in [1.165, 1.54) is 77.1 Å². The minimum atomic E-state index is -0.662. The third-order valence-electron chi connectivity index (χ3n) is 14.8. The van der Waals surface area contributed by atoms with Crippen molar-refractivity contribution < 1.29 is 4.74 Å².